The fourth-order valence-corrected chi connectivity index (χ4v) is 2.26. The van der Waals surface area contributed by atoms with Gasteiger partial charge in [0.2, 0.25) is 0 Å². The molecule has 1 rings (SSSR count). The van der Waals surface area contributed by atoms with Gasteiger partial charge in [0.05, 0.1) is 0 Å². The van der Waals surface area contributed by atoms with Crippen LogP contribution < -0.4 is 0 Å². The van der Waals surface area contributed by atoms with Crippen LogP contribution in [0.5, 0.6) is 0 Å². The molecule has 1 aromatic carbocycles. The third-order valence-electron chi connectivity index (χ3n) is 2.79. The standard InChI is InChI=1S/C14H21BrClN/c1-17(11-5-3-2-4-10-16)12-13-6-8-14(15)9-7-13/h6-9H,2-5,10-12H2,1H3. The molecule has 0 bridgehead atoms. The predicted octanol–water partition coefficient (Wildman–Crippen LogP) is 4.68. The molecule has 0 heterocycles. The summed E-state index contributed by atoms with van der Waals surface area (Å²) >= 11 is 9.10. The number of unbranched alkanes of at least 4 members (excludes halogenated alkanes) is 3. The molecule has 0 saturated carbocycles. The van der Waals surface area contributed by atoms with Crippen molar-refractivity contribution < 1.29 is 0 Å². The molecule has 0 spiro atoms. The zero-order chi connectivity index (χ0) is 12.5. The lowest BCUT2D eigenvalue weighted by Gasteiger charge is -2.16. The zero-order valence-corrected chi connectivity index (χ0v) is 12.8. The van der Waals surface area contributed by atoms with E-state index in [4.69, 9.17) is 11.6 Å². The van der Waals surface area contributed by atoms with E-state index in [0.29, 0.717) is 0 Å². The Kier molecular flexibility index (Phi) is 7.91. The molecule has 0 radical (unpaired) electrons. The quantitative estimate of drug-likeness (QED) is 0.497. The lowest BCUT2D eigenvalue weighted by Crippen LogP contribution is -2.18. The summed E-state index contributed by atoms with van der Waals surface area (Å²) in [6, 6.07) is 8.55. The Hall–Kier alpha value is -0.0500. The van der Waals surface area contributed by atoms with Gasteiger partial charge in [-0.3, -0.25) is 0 Å². The molecular weight excluding hydrogens is 298 g/mol. The van der Waals surface area contributed by atoms with Crippen molar-refractivity contribution in [3.05, 3.63) is 34.3 Å². The van der Waals surface area contributed by atoms with Gasteiger partial charge in [0.25, 0.3) is 0 Å². The van der Waals surface area contributed by atoms with E-state index >= 15 is 0 Å². The van der Waals surface area contributed by atoms with E-state index in [-0.39, 0.29) is 0 Å². The van der Waals surface area contributed by atoms with Crippen molar-refractivity contribution in [1.82, 2.24) is 4.90 Å². The minimum Gasteiger partial charge on any atom is -0.302 e. The van der Waals surface area contributed by atoms with Gasteiger partial charge in [-0.05, 0) is 44.1 Å². The molecule has 0 amide bonds. The first kappa shape index (κ1) is 15.0. The molecule has 0 aliphatic rings. The fraction of sp³-hybridized carbons (Fsp3) is 0.571. The maximum absolute atomic E-state index is 5.65. The lowest BCUT2D eigenvalue weighted by atomic mass is 10.2. The summed E-state index contributed by atoms with van der Waals surface area (Å²) in [7, 11) is 2.18. The Balaban J connectivity index is 2.16. The van der Waals surface area contributed by atoms with Crippen molar-refractivity contribution in [1.29, 1.82) is 0 Å². The van der Waals surface area contributed by atoms with Crippen LogP contribution in [0, 0.1) is 0 Å². The second-order valence-corrected chi connectivity index (χ2v) is 5.76. The van der Waals surface area contributed by atoms with E-state index in [0.717, 1.165) is 23.3 Å². The van der Waals surface area contributed by atoms with E-state index in [2.05, 4.69) is 52.1 Å². The molecule has 1 aromatic rings. The van der Waals surface area contributed by atoms with Gasteiger partial charge in [0, 0.05) is 16.9 Å². The van der Waals surface area contributed by atoms with Crippen LogP contribution in [0.15, 0.2) is 28.7 Å². The van der Waals surface area contributed by atoms with Gasteiger partial charge in [-0.2, -0.15) is 0 Å². The summed E-state index contributed by atoms with van der Waals surface area (Å²) in [5.41, 5.74) is 1.37. The number of alkyl halides is 1. The minimum absolute atomic E-state index is 0.800. The highest BCUT2D eigenvalue weighted by molar-refractivity contribution is 9.10. The number of hydrogen-bond acceptors (Lipinski definition) is 1. The van der Waals surface area contributed by atoms with Gasteiger partial charge in [-0.15, -0.1) is 11.6 Å². The summed E-state index contributed by atoms with van der Waals surface area (Å²) in [5.74, 6) is 0.800. The van der Waals surface area contributed by atoms with Crippen LogP contribution in [0.25, 0.3) is 0 Å². The molecule has 0 aliphatic carbocycles. The number of halogens is 2. The topological polar surface area (TPSA) is 3.24 Å². The molecule has 3 heteroatoms. The van der Waals surface area contributed by atoms with E-state index < -0.39 is 0 Å². The Labute approximate surface area is 118 Å². The first-order chi connectivity index (χ1) is 8.22. The molecule has 0 fully saturated rings. The molecule has 96 valence electrons. The highest BCUT2D eigenvalue weighted by Gasteiger charge is 2.00. The van der Waals surface area contributed by atoms with Gasteiger partial charge >= 0.3 is 0 Å². The second-order valence-electron chi connectivity index (χ2n) is 4.47. The number of hydrogen-bond donors (Lipinski definition) is 0. The molecule has 0 aromatic heterocycles. The summed E-state index contributed by atoms with van der Waals surface area (Å²) < 4.78 is 1.14. The van der Waals surface area contributed by atoms with Crippen LogP contribution in [0.4, 0.5) is 0 Å². The van der Waals surface area contributed by atoms with Crippen LogP contribution in [-0.2, 0) is 6.54 Å². The van der Waals surface area contributed by atoms with Gasteiger partial charge in [-0.1, -0.05) is 40.9 Å². The zero-order valence-electron chi connectivity index (χ0n) is 10.5. The van der Waals surface area contributed by atoms with E-state index in [1.807, 2.05) is 0 Å². The predicted molar refractivity (Wildman–Crippen MR) is 79.7 cm³/mol. The Bertz CT molecular complexity index is 300. The highest BCUT2D eigenvalue weighted by Crippen LogP contribution is 2.12. The van der Waals surface area contributed by atoms with Crippen LogP contribution in [0.2, 0.25) is 0 Å². The maximum atomic E-state index is 5.65. The summed E-state index contributed by atoms with van der Waals surface area (Å²) in [6.45, 7) is 2.20. The van der Waals surface area contributed by atoms with Gasteiger partial charge in [0.15, 0.2) is 0 Å². The van der Waals surface area contributed by atoms with E-state index in [9.17, 15) is 0 Å². The van der Waals surface area contributed by atoms with Crippen molar-refractivity contribution in [2.45, 2.75) is 32.2 Å². The first-order valence-corrected chi connectivity index (χ1v) is 7.54. The third-order valence-corrected chi connectivity index (χ3v) is 3.59. The molecule has 0 atom stereocenters. The normalized spacial score (nSPS) is 11.1. The largest absolute Gasteiger partial charge is 0.302 e. The molecule has 0 aliphatic heterocycles. The van der Waals surface area contributed by atoms with Crippen molar-refractivity contribution >= 4 is 27.5 Å². The number of benzene rings is 1. The SMILES string of the molecule is CN(CCCCCCCl)Cc1ccc(Br)cc1. The Morgan fingerprint density at radius 1 is 1.06 bits per heavy atom. The average Bonchev–Trinajstić information content (AvgIpc) is 2.32. The molecular formula is C14H21BrClN. The Morgan fingerprint density at radius 2 is 1.71 bits per heavy atom. The molecule has 17 heavy (non-hydrogen) atoms. The molecule has 0 N–H and O–H groups in total. The van der Waals surface area contributed by atoms with Gasteiger partial charge in [0.1, 0.15) is 0 Å². The average molecular weight is 319 g/mol. The molecule has 1 nitrogen and oxygen atoms in total. The third kappa shape index (κ3) is 7.07. The van der Waals surface area contributed by atoms with E-state index in [1.54, 1.807) is 0 Å². The number of nitrogens with zero attached hydrogens (tertiary/aromatic N) is 1. The summed E-state index contributed by atoms with van der Waals surface area (Å²) in [6.07, 6.45) is 4.97. The van der Waals surface area contributed by atoms with Crippen molar-refractivity contribution in [2.75, 3.05) is 19.5 Å². The van der Waals surface area contributed by atoms with Gasteiger partial charge in [-0.25, -0.2) is 0 Å². The highest BCUT2D eigenvalue weighted by atomic mass is 79.9. The van der Waals surface area contributed by atoms with E-state index in [1.165, 1.54) is 31.4 Å². The molecule has 0 unspecified atom stereocenters. The van der Waals surface area contributed by atoms with Crippen LogP contribution in [0.1, 0.15) is 31.2 Å². The van der Waals surface area contributed by atoms with Crippen molar-refractivity contribution in [2.24, 2.45) is 0 Å². The molecule has 0 saturated heterocycles. The monoisotopic (exact) mass is 317 g/mol. The first-order valence-electron chi connectivity index (χ1n) is 6.21. The maximum Gasteiger partial charge on any atom is 0.0230 e. The lowest BCUT2D eigenvalue weighted by molar-refractivity contribution is 0.317. The summed E-state index contributed by atoms with van der Waals surface area (Å²) in [5, 5.41) is 0. The van der Waals surface area contributed by atoms with Crippen LogP contribution in [0.3, 0.4) is 0 Å². The second kappa shape index (κ2) is 8.96. The number of rotatable bonds is 8. The van der Waals surface area contributed by atoms with Gasteiger partial charge < -0.3 is 4.90 Å². The Morgan fingerprint density at radius 3 is 2.35 bits per heavy atom. The van der Waals surface area contributed by atoms with Crippen molar-refractivity contribution in [3.8, 4) is 0 Å². The summed E-state index contributed by atoms with van der Waals surface area (Å²) in [4.78, 5) is 2.38. The van der Waals surface area contributed by atoms with Crippen molar-refractivity contribution in [3.63, 3.8) is 0 Å². The fourth-order valence-electron chi connectivity index (χ4n) is 1.81. The van der Waals surface area contributed by atoms with Crippen LogP contribution >= 0.6 is 27.5 Å². The van der Waals surface area contributed by atoms with Crippen LogP contribution in [-0.4, -0.2) is 24.4 Å². The minimum atomic E-state index is 0.800. The smallest absolute Gasteiger partial charge is 0.0230 e.